The third-order valence-corrected chi connectivity index (χ3v) is 5.86. The summed E-state index contributed by atoms with van der Waals surface area (Å²) in [6.07, 6.45) is 1.33. The number of halogens is 3. The second-order valence-corrected chi connectivity index (χ2v) is 8.21. The Kier molecular flexibility index (Phi) is 6.10. The number of rotatable bonds is 4. The summed E-state index contributed by atoms with van der Waals surface area (Å²) in [7, 11) is 0. The molecule has 5 rings (SSSR count). The van der Waals surface area contributed by atoms with Crippen LogP contribution in [0.15, 0.2) is 55.0 Å². The molecule has 1 saturated heterocycles. The second-order valence-electron chi connectivity index (χ2n) is 8.21. The van der Waals surface area contributed by atoms with E-state index >= 15 is 0 Å². The minimum Gasteiger partial charge on any atom is -0.382 e. The largest absolute Gasteiger partial charge is 0.416 e. The van der Waals surface area contributed by atoms with Crippen LogP contribution in [0.2, 0.25) is 0 Å². The number of benzene rings is 1. The summed E-state index contributed by atoms with van der Waals surface area (Å²) in [6.45, 7) is 1.19. The molecular formula is C24H19F3N8O2. The molecule has 1 aromatic carbocycles. The van der Waals surface area contributed by atoms with E-state index in [1.807, 2.05) is 0 Å². The minimum atomic E-state index is -4.55. The van der Waals surface area contributed by atoms with E-state index in [0.29, 0.717) is 42.3 Å². The first kappa shape index (κ1) is 24.0. The predicted octanol–water partition coefficient (Wildman–Crippen LogP) is 3.50. The summed E-state index contributed by atoms with van der Waals surface area (Å²) < 4.78 is 46.5. The molecule has 13 heteroatoms. The molecular weight excluding hydrogens is 489 g/mol. The van der Waals surface area contributed by atoms with Gasteiger partial charge in [-0.2, -0.15) is 18.4 Å². The van der Waals surface area contributed by atoms with Gasteiger partial charge in [0.15, 0.2) is 6.19 Å². The molecule has 37 heavy (non-hydrogen) atoms. The maximum atomic E-state index is 12.9. The van der Waals surface area contributed by atoms with Gasteiger partial charge < -0.3 is 20.7 Å². The van der Waals surface area contributed by atoms with Crippen molar-refractivity contribution in [1.82, 2.24) is 24.3 Å². The molecule has 1 aliphatic rings. The summed E-state index contributed by atoms with van der Waals surface area (Å²) >= 11 is 0. The Balaban J connectivity index is 1.43. The van der Waals surface area contributed by atoms with E-state index in [1.54, 1.807) is 27.6 Å². The number of nitrogen functional groups attached to an aromatic ring is 1. The van der Waals surface area contributed by atoms with Crippen molar-refractivity contribution in [3.63, 3.8) is 0 Å². The van der Waals surface area contributed by atoms with Gasteiger partial charge in [0, 0.05) is 29.7 Å². The van der Waals surface area contributed by atoms with Crippen molar-refractivity contribution in [3.8, 4) is 17.5 Å². The number of hydrogen-bond acceptors (Lipinski definition) is 8. The van der Waals surface area contributed by atoms with Crippen LogP contribution in [0.1, 0.15) is 27.8 Å². The molecule has 3 aromatic heterocycles. The lowest BCUT2D eigenvalue weighted by molar-refractivity contribution is -0.137. The van der Waals surface area contributed by atoms with Gasteiger partial charge in [-0.15, -0.1) is 0 Å². The Morgan fingerprint density at radius 1 is 1.19 bits per heavy atom. The van der Waals surface area contributed by atoms with Crippen molar-refractivity contribution in [2.75, 3.05) is 30.7 Å². The lowest BCUT2D eigenvalue weighted by atomic mass is 10.1. The van der Waals surface area contributed by atoms with Gasteiger partial charge in [-0.3, -0.25) is 9.20 Å². The lowest BCUT2D eigenvalue weighted by Gasteiger charge is -2.28. The van der Waals surface area contributed by atoms with Crippen LogP contribution in [-0.2, 0) is 10.9 Å². The summed E-state index contributed by atoms with van der Waals surface area (Å²) in [5.74, 6) is -0.0494. The average Bonchev–Trinajstić information content (AvgIpc) is 3.29. The van der Waals surface area contributed by atoms with Crippen molar-refractivity contribution >= 4 is 23.1 Å². The number of nitrogens with one attached hydrogen (secondary N) is 1. The maximum absolute atomic E-state index is 12.9. The number of pyridine rings is 1. The molecule has 1 atom stereocenters. The molecule has 0 aliphatic carbocycles. The van der Waals surface area contributed by atoms with Gasteiger partial charge in [-0.1, -0.05) is 12.1 Å². The molecule has 0 spiro atoms. The molecule has 0 radical (unpaired) electrons. The number of nitrogens with two attached hydrogens (primary N) is 1. The summed E-state index contributed by atoms with van der Waals surface area (Å²) in [5.41, 5.74) is 7.14. The highest BCUT2D eigenvalue weighted by Crippen LogP contribution is 2.33. The fraction of sp³-hybridized carbons (Fsp3) is 0.208. The number of nitrogens with zero attached hydrogens (tertiary/aromatic N) is 6. The number of ether oxygens (including phenoxy) is 1. The number of morpholine rings is 1. The van der Waals surface area contributed by atoms with Gasteiger partial charge in [0.2, 0.25) is 0 Å². The molecule has 188 valence electrons. The summed E-state index contributed by atoms with van der Waals surface area (Å²) in [4.78, 5) is 26.9. The molecule has 4 aromatic rings. The number of aromatic nitrogens is 4. The lowest BCUT2D eigenvalue weighted by Crippen LogP contribution is -2.35. The number of fused-ring (bicyclic) bond motifs is 1. The average molecular weight is 508 g/mol. The normalized spacial score (nSPS) is 15.9. The van der Waals surface area contributed by atoms with Crippen molar-refractivity contribution in [1.29, 1.82) is 5.26 Å². The standard InChI is InChI=1S/C24H19F3N8O2/c25-24(26,27)16-5-6-30-18(11-16)32-23(36)15-3-1-14(2-4-15)19-20-21(29)31-7-8-35(20)22(33-19)17-12-34(13-28)9-10-37-17/h1-8,11,17H,9-10,12H2,(H2,29,31)(H,30,32,36)/t17-/m1/s1. The number of anilines is 2. The van der Waals surface area contributed by atoms with Gasteiger partial charge >= 0.3 is 6.18 Å². The number of hydrogen-bond donors (Lipinski definition) is 2. The van der Waals surface area contributed by atoms with Crippen LogP contribution in [0.25, 0.3) is 16.8 Å². The number of amides is 1. The fourth-order valence-corrected chi connectivity index (χ4v) is 4.05. The monoisotopic (exact) mass is 508 g/mol. The van der Waals surface area contributed by atoms with Gasteiger partial charge in [-0.25, -0.2) is 15.0 Å². The van der Waals surface area contributed by atoms with E-state index in [4.69, 9.17) is 15.5 Å². The molecule has 1 aliphatic heterocycles. The first-order valence-electron chi connectivity index (χ1n) is 11.1. The number of carbonyl (C=O) groups is 1. The topological polar surface area (TPSA) is 134 Å². The highest BCUT2D eigenvalue weighted by atomic mass is 19.4. The molecule has 0 bridgehead atoms. The van der Waals surface area contributed by atoms with Crippen molar-refractivity contribution in [2.24, 2.45) is 0 Å². The Morgan fingerprint density at radius 2 is 1.97 bits per heavy atom. The highest BCUT2D eigenvalue weighted by molar-refractivity contribution is 6.04. The van der Waals surface area contributed by atoms with E-state index in [0.717, 1.165) is 18.3 Å². The first-order valence-corrected chi connectivity index (χ1v) is 11.1. The van der Waals surface area contributed by atoms with E-state index < -0.39 is 23.8 Å². The molecule has 3 N–H and O–H groups in total. The molecule has 1 fully saturated rings. The number of alkyl halides is 3. The Morgan fingerprint density at radius 3 is 2.70 bits per heavy atom. The fourth-order valence-electron chi connectivity index (χ4n) is 4.05. The van der Waals surface area contributed by atoms with Gasteiger partial charge in [0.1, 0.15) is 34.8 Å². The summed E-state index contributed by atoms with van der Waals surface area (Å²) in [6, 6.07) is 7.92. The van der Waals surface area contributed by atoms with Crippen molar-refractivity contribution < 1.29 is 22.7 Å². The third-order valence-electron chi connectivity index (χ3n) is 5.86. The number of carbonyl (C=O) groups excluding carboxylic acids is 1. The molecule has 0 unspecified atom stereocenters. The maximum Gasteiger partial charge on any atom is 0.416 e. The van der Waals surface area contributed by atoms with Crippen LogP contribution in [-0.4, -0.2) is 49.9 Å². The summed E-state index contributed by atoms with van der Waals surface area (Å²) in [5, 5.41) is 11.7. The first-order chi connectivity index (χ1) is 17.7. The van der Waals surface area contributed by atoms with Crippen molar-refractivity contribution in [3.05, 3.63) is 71.9 Å². The van der Waals surface area contributed by atoms with Crippen molar-refractivity contribution in [2.45, 2.75) is 12.3 Å². The smallest absolute Gasteiger partial charge is 0.382 e. The van der Waals surface area contributed by atoms with Crippen LogP contribution >= 0.6 is 0 Å². The zero-order valence-electron chi connectivity index (χ0n) is 19.1. The predicted molar refractivity (Wildman–Crippen MR) is 126 cm³/mol. The second kappa shape index (κ2) is 9.40. The van der Waals surface area contributed by atoms with Crippen LogP contribution in [0, 0.1) is 11.5 Å². The Labute approximate surface area is 208 Å². The SMILES string of the molecule is N#CN1CCO[C@@H](c2nc(-c3ccc(C(=O)Nc4cc(C(F)(F)F)ccn4)cc3)c3c(N)nccn23)C1. The van der Waals surface area contributed by atoms with Crippen LogP contribution in [0.3, 0.4) is 0 Å². The molecule has 10 nitrogen and oxygen atoms in total. The Hall–Kier alpha value is -4.70. The van der Waals surface area contributed by atoms with E-state index in [1.165, 1.54) is 18.3 Å². The number of nitriles is 1. The quantitative estimate of drug-likeness (QED) is 0.400. The van der Waals surface area contributed by atoms with Crippen LogP contribution in [0.4, 0.5) is 24.8 Å². The zero-order chi connectivity index (χ0) is 26.2. The van der Waals surface area contributed by atoms with Gasteiger partial charge in [-0.05, 0) is 24.3 Å². The van der Waals surface area contributed by atoms with Gasteiger partial charge in [0.05, 0.1) is 25.3 Å². The van der Waals surface area contributed by atoms with Crippen LogP contribution in [0.5, 0.6) is 0 Å². The zero-order valence-corrected chi connectivity index (χ0v) is 19.1. The van der Waals surface area contributed by atoms with E-state index in [-0.39, 0.29) is 17.2 Å². The number of imidazole rings is 1. The molecule has 1 amide bonds. The minimum absolute atomic E-state index is 0.207. The third kappa shape index (κ3) is 4.74. The Bertz CT molecular complexity index is 1510. The molecule has 0 saturated carbocycles. The van der Waals surface area contributed by atoms with E-state index in [2.05, 4.69) is 21.5 Å². The van der Waals surface area contributed by atoms with Gasteiger partial charge in [0.25, 0.3) is 5.91 Å². The molecule has 4 heterocycles. The van der Waals surface area contributed by atoms with E-state index in [9.17, 15) is 23.2 Å². The highest BCUT2D eigenvalue weighted by Gasteiger charge is 2.31. The van der Waals surface area contributed by atoms with Crippen LogP contribution < -0.4 is 11.1 Å².